The van der Waals surface area contributed by atoms with Crippen LogP contribution >= 0.6 is 0 Å². The van der Waals surface area contributed by atoms with Gasteiger partial charge in [-0.15, -0.1) is 0 Å². The molecule has 0 bridgehead atoms. The van der Waals surface area contributed by atoms with Crippen LogP contribution < -0.4 is 9.64 Å². The summed E-state index contributed by atoms with van der Waals surface area (Å²) in [6.45, 7) is -2.39. The van der Waals surface area contributed by atoms with E-state index in [0.29, 0.717) is 12.4 Å². The van der Waals surface area contributed by atoms with Crippen LogP contribution in [0.4, 0.5) is 14.6 Å². The van der Waals surface area contributed by atoms with E-state index in [1.165, 1.54) is 6.20 Å². The number of alkyl halides is 2. The zero-order valence-electron chi connectivity index (χ0n) is 11.9. The summed E-state index contributed by atoms with van der Waals surface area (Å²) >= 11 is 0. The molecule has 23 heavy (non-hydrogen) atoms. The van der Waals surface area contributed by atoms with Gasteiger partial charge in [0, 0.05) is 13.1 Å². The monoisotopic (exact) mass is 321 g/mol. The fourth-order valence-electron chi connectivity index (χ4n) is 2.63. The zero-order chi connectivity index (χ0) is 16.4. The van der Waals surface area contributed by atoms with Crippen molar-refractivity contribution in [3.63, 3.8) is 0 Å². The molecule has 120 valence electrons. The number of ether oxygens (including phenoxy) is 1. The van der Waals surface area contributed by atoms with Gasteiger partial charge in [-0.25, -0.2) is 0 Å². The van der Waals surface area contributed by atoms with Crippen LogP contribution in [0, 0.1) is 0 Å². The van der Waals surface area contributed by atoms with Crippen LogP contribution in [0.2, 0.25) is 0 Å². The third kappa shape index (κ3) is 3.20. The minimum Gasteiger partial charge on any atom is -0.481 e. The second kappa shape index (κ2) is 6.15. The molecule has 8 heteroatoms. The highest BCUT2D eigenvalue weighted by molar-refractivity contribution is 5.78. The lowest BCUT2D eigenvalue weighted by Crippen LogP contribution is -2.37. The number of anilines is 1. The summed E-state index contributed by atoms with van der Waals surface area (Å²) in [7, 11) is 0. The molecule has 1 atom stereocenters. The smallest absolute Gasteiger partial charge is 0.388 e. The molecule has 3 rings (SSSR count). The molecule has 6 nitrogen and oxygen atoms in total. The SMILES string of the molecule is O=C(O)C1CN(c2cncc(OC(F)F)n2)Cc2ccccc21. The number of aromatic nitrogens is 2. The van der Waals surface area contributed by atoms with E-state index >= 15 is 0 Å². The Labute approximate surface area is 130 Å². The fourth-order valence-corrected chi connectivity index (χ4v) is 2.63. The van der Waals surface area contributed by atoms with Crippen molar-refractivity contribution in [3.05, 3.63) is 47.8 Å². The van der Waals surface area contributed by atoms with Gasteiger partial charge >= 0.3 is 12.6 Å². The number of aliphatic carboxylic acids is 1. The van der Waals surface area contributed by atoms with Crippen molar-refractivity contribution < 1.29 is 23.4 Å². The minimum atomic E-state index is -2.99. The van der Waals surface area contributed by atoms with Crippen LogP contribution in [-0.2, 0) is 11.3 Å². The van der Waals surface area contributed by atoms with E-state index in [0.717, 1.165) is 17.3 Å². The number of nitrogens with zero attached hydrogens (tertiary/aromatic N) is 3. The van der Waals surface area contributed by atoms with Crippen molar-refractivity contribution in [3.8, 4) is 5.88 Å². The van der Waals surface area contributed by atoms with Crippen molar-refractivity contribution in [2.45, 2.75) is 19.1 Å². The lowest BCUT2D eigenvalue weighted by Gasteiger charge is -2.33. The molecule has 0 fully saturated rings. The van der Waals surface area contributed by atoms with Crippen LogP contribution in [0.25, 0.3) is 0 Å². The third-order valence-corrected chi connectivity index (χ3v) is 3.63. The standard InChI is InChI=1S/C15H13F2N3O3/c16-15(17)23-13-6-18-5-12(19-13)20-7-9-3-1-2-4-10(9)11(8-20)14(21)22/h1-6,11,15H,7-8H2,(H,21,22). The molecule has 0 radical (unpaired) electrons. The first-order valence-electron chi connectivity index (χ1n) is 6.87. The third-order valence-electron chi connectivity index (χ3n) is 3.63. The average Bonchev–Trinajstić information content (AvgIpc) is 2.53. The van der Waals surface area contributed by atoms with Gasteiger partial charge in [0.05, 0.1) is 18.3 Å². The summed E-state index contributed by atoms with van der Waals surface area (Å²) in [6.07, 6.45) is 2.48. The highest BCUT2D eigenvalue weighted by Crippen LogP contribution is 2.31. The summed E-state index contributed by atoms with van der Waals surface area (Å²) < 4.78 is 28.8. The van der Waals surface area contributed by atoms with Gasteiger partial charge in [-0.1, -0.05) is 24.3 Å². The number of carboxylic acids is 1. The first kappa shape index (κ1) is 15.1. The second-order valence-corrected chi connectivity index (χ2v) is 5.06. The maximum atomic E-state index is 12.3. The Morgan fingerprint density at radius 1 is 1.35 bits per heavy atom. The fraction of sp³-hybridized carbons (Fsp3) is 0.267. The van der Waals surface area contributed by atoms with Crippen LogP contribution in [0.15, 0.2) is 36.7 Å². The van der Waals surface area contributed by atoms with E-state index in [-0.39, 0.29) is 12.4 Å². The minimum absolute atomic E-state index is 0.180. The molecule has 0 saturated heterocycles. The molecule has 1 N–H and O–H groups in total. The zero-order valence-corrected chi connectivity index (χ0v) is 11.9. The highest BCUT2D eigenvalue weighted by atomic mass is 19.3. The highest BCUT2D eigenvalue weighted by Gasteiger charge is 2.31. The summed E-state index contributed by atoms with van der Waals surface area (Å²) in [4.78, 5) is 21.0. The molecule has 2 aromatic rings. The molecule has 1 aliphatic heterocycles. The first-order valence-corrected chi connectivity index (χ1v) is 6.87. The summed E-state index contributed by atoms with van der Waals surface area (Å²) in [5.41, 5.74) is 1.61. The Hall–Kier alpha value is -2.77. The van der Waals surface area contributed by atoms with Gasteiger partial charge in [-0.05, 0) is 11.1 Å². The van der Waals surface area contributed by atoms with Gasteiger partial charge < -0.3 is 14.7 Å². The molecule has 1 aromatic heterocycles. The van der Waals surface area contributed by atoms with E-state index in [9.17, 15) is 18.7 Å². The maximum Gasteiger partial charge on any atom is 0.388 e. The molecule has 2 heterocycles. The number of carboxylic acid groups (broad SMARTS) is 1. The number of fused-ring (bicyclic) bond motifs is 1. The first-order chi connectivity index (χ1) is 11.0. The van der Waals surface area contributed by atoms with Crippen LogP contribution in [0.5, 0.6) is 5.88 Å². The van der Waals surface area contributed by atoms with E-state index in [4.69, 9.17) is 0 Å². The molecule has 0 amide bonds. The number of rotatable bonds is 4. The van der Waals surface area contributed by atoms with Crippen molar-refractivity contribution >= 4 is 11.8 Å². The van der Waals surface area contributed by atoms with Crippen LogP contribution in [0.3, 0.4) is 0 Å². The van der Waals surface area contributed by atoms with Crippen molar-refractivity contribution in [2.75, 3.05) is 11.4 Å². The number of hydrogen-bond acceptors (Lipinski definition) is 5. The molecular formula is C15H13F2N3O3. The summed E-state index contributed by atoms with van der Waals surface area (Å²) in [5, 5.41) is 9.44. The Morgan fingerprint density at radius 3 is 2.87 bits per heavy atom. The molecule has 0 spiro atoms. The van der Waals surface area contributed by atoms with Crippen LogP contribution in [-0.4, -0.2) is 34.2 Å². The van der Waals surface area contributed by atoms with Crippen molar-refractivity contribution in [2.24, 2.45) is 0 Å². The summed E-state index contributed by atoms with van der Waals surface area (Å²) in [5.74, 6) is -1.68. The predicted octanol–water partition coefficient (Wildman–Crippen LogP) is 2.27. The maximum absolute atomic E-state index is 12.3. The normalized spacial score (nSPS) is 17.0. The molecule has 0 aliphatic carbocycles. The van der Waals surface area contributed by atoms with Gasteiger partial charge in [0.15, 0.2) is 5.82 Å². The van der Waals surface area contributed by atoms with E-state index in [1.807, 2.05) is 12.1 Å². The van der Waals surface area contributed by atoms with Crippen molar-refractivity contribution in [1.29, 1.82) is 0 Å². The van der Waals surface area contributed by atoms with Gasteiger partial charge in [0.25, 0.3) is 0 Å². The van der Waals surface area contributed by atoms with Gasteiger partial charge in [-0.2, -0.15) is 13.8 Å². The Balaban J connectivity index is 1.91. The lowest BCUT2D eigenvalue weighted by molar-refractivity contribution is -0.138. The van der Waals surface area contributed by atoms with Gasteiger partial charge in [0.2, 0.25) is 5.88 Å². The second-order valence-electron chi connectivity index (χ2n) is 5.06. The Kier molecular flexibility index (Phi) is 4.05. The van der Waals surface area contributed by atoms with E-state index in [1.54, 1.807) is 17.0 Å². The predicted molar refractivity (Wildman–Crippen MR) is 76.5 cm³/mol. The average molecular weight is 321 g/mol. The number of carbonyl (C=O) groups is 1. The van der Waals surface area contributed by atoms with Gasteiger partial charge in [-0.3, -0.25) is 9.78 Å². The summed E-state index contributed by atoms with van der Waals surface area (Å²) in [6, 6.07) is 7.24. The Bertz CT molecular complexity index is 727. The van der Waals surface area contributed by atoms with E-state index < -0.39 is 18.5 Å². The Morgan fingerprint density at radius 2 is 2.13 bits per heavy atom. The topological polar surface area (TPSA) is 75.5 Å². The van der Waals surface area contributed by atoms with Gasteiger partial charge in [0.1, 0.15) is 0 Å². The van der Waals surface area contributed by atoms with Crippen molar-refractivity contribution in [1.82, 2.24) is 9.97 Å². The number of hydrogen-bond donors (Lipinski definition) is 1. The molecule has 1 aliphatic rings. The molecular weight excluding hydrogens is 308 g/mol. The van der Waals surface area contributed by atoms with Crippen LogP contribution in [0.1, 0.15) is 17.0 Å². The molecule has 1 aromatic carbocycles. The quantitative estimate of drug-likeness (QED) is 0.931. The lowest BCUT2D eigenvalue weighted by atomic mass is 9.90. The molecule has 1 unspecified atom stereocenters. The van der Waals surface area contributed by atoms with E-state index in [2.05, 4.69) is 14.7 Å². The number of halogens is 2. The number of benzene rings is 1. The molecule has 0 saturated carbocycles. The largest absolute Gasteiger partial charge is 0.481 e.